The number of ether oxygens (including phenoxy) is 2. The fourth-order valence-corrected chi connectivity index (χ4v) is 4.10. The van der Waals surface area contributed by atoms with Crippen LogP contribution in [0.2, 0.25) is 0 Å². The van der Waals surface area contributed by atoms with Gasteiger partial charge in [-0.15, -0.1) is 0 Å². The van der Waals surface area contributed by atoms with Crippen molar-refractivity contribution >= 4 is 28.8 Å². The van der Waals surface area contributed by atoms with Gasteiger partial charge in [-0.3, -0.25) is 0 Å². The van der Waals surface area contributed by atoms with Crippen molar-refractivity contribution in [2.45, 2.75) is 44.6 Å². The van der Waals surface area contributed by atoms with Gasteiger partial charge in [0.15, 0.2) is 5.16 Å². The first-order valence-electron chi connectivity index (χ1n) is 10.2. The van der Waals surface area contributed by atoms with E-state index >= 15 is 0 Å². The maximum Gasteiger partial charge on any atom is 0.338 e. The molecule has 0 aliphatic carbocycles. The number of nitrogens with zero attached hydrogens (tertiary/aromatic N) is 2. The number of aromatic nitrogens is 2. The van der Waals surface area contributed by atoms with Crippen molar-refractivity contribution in [3.63, 3.8) is 0 Å². The smallest absolute Gasteiger partial charge is 0.338 e. The maximum atomic E-state index is 13.9. The van der Waals surface area contributed by atoms with E-state index in [4.69, 9.17) is 14.5 Å². The highest BCUT2D eigenvalue weighted by atomic mass is 32.2. The van der Waals surface area contributed by atoms with Gasteiger partial charge in [0.2, 0.25) is 0 Å². The molecule has 0 N–H and O–H groups in total. The lowest BCUT2D eigenvalue weighted by atomic mass is 10.2. The van der Waals surface area contributed by atoms with E-state index in [1.165, 1.54) is 0 Å². The van der Waals surface area contributed by atoms with Gasteiger partial charge in [0, 0.05) is 25.5 Å². The first-order chi connectivity index (χ1) is 14.5. The molecule has 2 aromatic carbocycles. The minimum absolute atomic E-state index is 0.197. The summed E-state index contributed by atoms with van der Waals surface area (Å²) in [7, 11) is 0. The predicted molar refractivity (Wildman–Crippen MR) is 117 cm³/mol. The summed E-state index contributed by atoms with van der Waals surface area (Å²) >= 11 is 1.56. The number of aryl methyl sites for hydroxylation is 2. The second-order valence-corrected chi connectivity index (χ2v) is 7.84. The Morgan fingerprint density at radius 1 is 1.17 bits per heavy atom. The van der Waals surface area contributed by atoms with Crippen LogP contribution in [0, 0.1) is 12.7 Å². The third kappa shape index (κ3) is 5.40. The largest absolute Gasteiger partial charge is 0.462 e. The molecule has 0 bridgehead atoms. The van der Waals surface area contributed by atoms with Gasteiger partial charge in [0.05, 0.1) is 23.2 Å². The third-order valence-corrected chi connectivity index (χ3v) is 5.75. The number of thioether (sulfide) groups is 1. The van der Waals surface area contributed by atoms with E-state index in [0.717, 1.165) is 34.7 Å². The number of fused-ring (bicyclic) bond motifs is 1. The number of carbonyl (C=O) groups is 1. The number of imidazole rings is 1. The SMILES string of the molecule is CCOCCCn1c(SCc2ccc(C)c(F)c2)nc2cc(C(=O)OCC)ccc21. The number of carbonyl (C=O) groups excluding carboxylic acids is 1. The summed E-state index contributed by atoms with van der Waals surface area (Å²) < 4.78 is 26.6. The molecule has 160 valence electrons. The van der Waals surface area contributed by atoms with E-state index in [9.17, 15) is 9.18 Å². The van der Waals surface area contributed by atoms with E-state index in [1.807, 2.05) is 19.1 Å². The molecule has 0 saturated carbocycles. The monoisotopic (exact) mass is 430 g/mol. The van der Waals surface area contributed by atoms with Crippen molar-refractivity contribution < 1.29 is 18.7 Å². The van der Waals surface area contributed by atoms with Crippen LogP contribution in [-0.4, -0.2) is 35.3 Å². The van der Waals surface area contributed by atoms with Crippen LogP contribution in [0.3, 0.4) is 0 Å². The van der Waals surface area contributed by atoms with E-state index in [2.05, 4.69) is 4.57 Å². The molecule has 3 rings (SSSR count). The van der Waals surface area contributed by atoms with Crippen molar-refractivity contribution in [3.8, 4) is 0 Å². The Hall–Kier alpha value is -2.38. The summed E-state index contributed by atoms with van der Waals surface area (Å²) in [6.07, 6.45) is 0.853. The summed E-state index contributed by atoms with van der Waals surface area (Å²) in [4.78, 5) is 16.8. The molecule has 0 radical (unpaired) electrons. The molecule has 0 aliphatic rings. The number of halogens is 1. The normalized spacial score (nSPS) is 11.2. The second kappa shape index (κ2) is 10.6. The van der Waals surface area contributed by atoms with E-state index < -0.39 is 0 Å². The summed E-state index contributed by atoms with van der Waals surface area (Å²) in [6, 6.07) is 10.7. The number of hydrogen-bond acceptors (Lipinski definition) is 5. The van der Waals surface area contributed by atoms with Gasteiger partial charge in [0.25, 0.3) is 0 Å². The van der Waals surface area contributed by atoms with Crippen molar-refractivity contribution in [1.29, 1.82) is 0 Å². The summed E-state index contributed by atoms with van der Waals surface area (Å²) in [5, 5.41) is 0.837. The minimum Gasteiger partial charge on any atom is -0.462 e. The Balaban J connectivity index is 1.86. The van der Waals surface area contributed by atoms with Crippen LogP contribution in [0.15, 0.2) is 41.6 Å². The lowest BCUT2D eigenvalue weighted by Crippen LogP contribution is -2.05. The molecule has 1 aromatic heterocycles. The molecule has 0 saturated heterocycles. The van der Waals surface area contributed by atoms with Crippen LogP contribution in [-0.2, 0) is 21.8 Å². The maximum absolute atomic E-state index is 13.9. The molecular formula is C23H27FN2O3S. The van der Waals surface area contributed by atoms with Gasteiger partial charge < -0.3 is 14.0 Å². The number of hydrogen-bond donors (Lipinski definition) is 0. The fourth-order valence-electron chi connectivity index (χ4n) is 3.12. The zero-order chi connectivity index (χ0) is 21.5. The number of benzene rings is 2. The summed E-state index contributed by atoms with van der Waals surface area (Å²) in [5.41, 5.74) is 3.73. The van der Waals surface area contributed by atoms with Crippen LogP contribution < -0.4 is 0 Å². The van der Waals surface area contributed by atoms with Crippen molar-refractivity contribution in [1.82, 2.24) is 9.55 Å². The molecule has 0 unspecified atom stereocenters. The number of rotatable bonds is 10. The van der Waals surface area contributed by atoms with Gasteiger partial charge in [-0.2, -0.15) is 0 Å². The first-order valence-corrected chi connectivity index (χ1v) is 11.1. The van der Waals surface area contributed by atoms with Gasteiger partial charge in [-0.1, -0.05) is 23.9 Å². The topological polar surface area (TPSA) is 53.4 Å². The third-order valence-electron chi connectivity index (χ3n) is 4.70. The first kappa shape index (κ1) is 22.3. The van der Waals surface area contributed by atoms with Gasteiger partial charge in [-0.05, 0) is 62.6 Å². The predicted octanol–water partition coefficient (Wildman–Crippen LogP) is 5.38. The Kier molecular flexibility index (Phi) is 7.87. The van der Waals surface area contributed by atoms with Crippen LogP contribution in [0.4, 0.5) is 4.39 Å². The average Bonchev–Trinajstić information content (AvgIpc) is 3.09. The highest BCUT2D eigenvalue weighted by Crippen LogP contribution is 2.28. The Morgan fingerprint density at radius 2 is 2.00 bits per heavy atom. The summed E-state index contributed by atoms with van der Waals surface area (Å²) in [5.74, 6) is 0.0588. The molecule has 0 atom stereocenters. The Bertz CT molecular complexity index is 1020. The lowest BCUT2D eigenvalue weighted by molar-refractivity contribution is 0.0526. The standard InChI is InChI=1S/C23H27FN2O3S/c1-4-28-12-6-11-26-21-10-9-18(22(27)29-5-2)14-20(21)25-23(26)30-15-17-8-7-16(3)19(24)13-17/h7-10,13-14H,4-6,11-12,15H2,1-3H3. The highest BCUT2D eigenvalue weighted by Gasteiger charge is 2.15. The molecule has 5 nitrogen and oxygen atoms in total. The Labute approximate surface area is 180 Å². The van der Waals surface area contributed by atoms with Crippen LogP contribution in [0.25, 0.3) is 11.0 Å². The fraction of sp³-hybridized carbons (Fsp3) is 0.391. The van der Waals surface area contributed by atoms with E-state index in [0.29, 0.717) is 36.7 Å². The van der Waals surface area contributed by atoms with E-state index in [1.54, 1.807) is 49.9 Å². The minimum atomic E-state index is -0.352. The molecular weight excluding hydrogens is 403 g/mol. The van der Waals surface area contributed by atoms with Gasteiger partial charge in [0.1, 0.15) is 5.82 Å². The zero-order valence-corrected chi connectivity index (χ0v) is 18.4. The average molecular weight is 431 g/mol. The zero-order valence-electron chi connectivity index (χ0n) is 17.6. The lowest BCUT2D eigenvalue weighted by Gasteiger charge is -2.10. The molecule has 0 fully saturated rings. The van der Waals surface area contributed by atoms with Crippen LogP contribution in [0.5, 0.6) is 0 Å². The van der Waals surface area contributed by atoms with Gasteiger partial charge >= 0.3 is 5.97 Å². The molecule has 1 heterocycles. The quantitative estimate of drug-likeness (QED) is 0.246. The Morgan fingerprint density at radius 3 is 2.73 bits per heavy atom. The number of esters is 1. The highest BCUT2D eigenvalue weighted by molar-refractivity contribution is 7.98. The van der Waals surface area contributed by atoms with Crippen molar-refractivity contribution in [2.75, 3.05) is 19.8 Å². The van der Waals surface area contributed by atoms with Gasteiger partial charge in [-0.25, -0.2) is 14.2 Å². The van der Waals surface area contributed by atoms with Crippen molar-refractivity contribution in [2.24, 2.45) is 0 Å². The van der Waals surface area contributed by atoms with Crippen molar-refractivity contribution in [3.05, 3.63) is 58.9 Å². The molecule has 0 spiro atoms. The molecule has 7 heteroatoms. The molecule has 30 heavy (non-hydrogen) atoms. The van der Waals surface area contributed by atoms with Crippen LogP contribution >= 0.6 is 11.8 Å². The summed E-state index contributed by atoms with van der Waals surface area (Å²) in [6.45, 7) is 7.96. The molecule has 0 amide bonds. The molecule has 0 aliphatic heterocycles. The van der Waals surface area contributed by atoms with Crippen LogP contribution in [0.1, 0.15) is 41.8 Å². The van der Waals surface area contributed by atoms with E-state index in [-0.39, 0.29) is 11.8 Å². The second-order valence-electron chi connectivity index (χ2n) is 6.89. The molecule has 3 aromatic rings.